The molecule has 1 unspecified atom stereocenters. The predicted molar refractivity (Wildman–Crippen MR) is 106 cm³/mol. The van der Waals surface area contributed by atoms with Crippen molar-refractivity contribution in [2.75, 3.05) is 13.1 Å². The first kappa shape index (κ1) is 22.6. The van der Waals surface area contributed by atoms with Gasteiger partial charge in [-0.25, -0.2) is 4.39 Å². The van der Waals surface area contributed by atoms with Crippen molar-refractivity contribution in [3.05, 3.63) is 71.5 Å². The van der Waals surface area contributed by atoms with E-state index in [4.69, 9.17) is 5.73 Å². The first-order valence-corrected chi connectivity index (χ1v) is 8.59. The van der Waals surface area contributed by atoms with Gasteiger partial charge in [-0.2, -0.15) is 0 Å². The zero-order chi connectivity index (χ0) is 18.9. The number of nitrogens with zero attached hydrogens (tertiary/aromatic N) is 1. The Balaban J connectivity index is 0.00000364. The van der Waals surface area contributed by atoms with Crippen LogP contribution in [0.4, 0.5) is 4.39 Å². The number of rotatable bonds is 8. The van der Waals surface area contributed by atoms with Crippen molar-refractivity contribution < 1.29 is 14.0 Å². The fourth-order valence-corrected chi connectivity index (χ4v) is 2.54. The van der Waals surface area contributed by atoms with E-state index in [0.29, 0.717) is 6.54 Å². The molecule has 2 aromatic rings. The molecule has 0 radical (unpaired) electrons. The first-order valence-electron chi connectivity index (χ1n) is 8.59. The Morgan fingerprint density at radius 1 is 1.11 bits per heavy atom. The predicted octanol–water partition coefficient (Wildman–Crippen LogP) is 2.80. The van der Waals surface area contributed by atoms with E-state index in [-0.39, 0.29) is 49.5 Å². The maximum Gasteiger partial charge on any atom is 0.239 e. The zero-order valence-electron chi connectivity index (χ0n) is 15.2. The van der Waals surface area contributed by atoms with Gasteiger partial charge in [0.1, 0.15) is 5.82 Å². The second-order valence-electron chi connectivity index (χ2n) is 6.03. The molecule has 0 aliphatic carbocycles. The van der Waals surface area contributed by atoms with Crippen LogP contribution in [0.15, 0.2) is 54.6 Å². The van der Waals surface area contributed by atoms with Gasteiger partial charge in [0.15, 0.2) is 0 Å². The van der Waals surface area contributed by atoms with Gasteiger partial charge in [-0.15, -0.1) is 12.4 Å². The van der Waals surface area contributed by atoms with E-state index in [2.05, 4.69) is 5.32 Å². The maximum absolute atomic E-state index is 12.9. The minimum absolute atomic E-state index is 0. The molecule has 2 aromatic carbocycles. The molecular formula is C20H25ClFN3O2. The van der Waals surface area contributed by atoms with Crippen molar-refractivity contribution >= 4 is 24.2 Å². The van der Waals surface area contributed by atoms with Gasteiger partial charge in [-0.3, -0.25) is 9.59 Å². The molecule has 0 saturated carbocycles. The van der Waals surface area contributed by atoms with Gasteiger partial charge in [0.2, 0.25) is 11.8 Å². The van der Waals surface area contributed by atoms with Crippen LogP contribution in [0.1, 0.15) is 30.5 Å². The lowest BCUT2D eigenvalue weighted by Crippen LogP contribution is -2.41. The molecular weight excluding hydrogens is 369 g/mol. The van der Waals surface area contributed by atoms with Crippen molar-refractivity contribution in [1.29, 1.82) is 0 Å². The van der Waals surface area contributed by atoms with Crippen LogP contribution in [0.25, 0.3) is 0 Å². The number of carbonyl (C=O) groups is 2. The third-order valence-electron chi connectivity index (χ3n) is 4.09. The molecule has 146 valence electrons. The third-order valence-corrected chi connectivity index (χ3v) is 4.09. The molecule has 0 fully saturated rings. The van der Waals surface area contributed by atoms with Crippen LogP contribution in [0, 0.1) is 5.82 Å². The Kier molecular flexibility index (Phi) is 9.47. The molecule has 1 atom stereocenters. The topological polar surface area (TPSA) is 75.4 Å². The number of halogens is 2. The molecule has 0 bridgehead atoms. The standard InChI is InChI=1S/C20H24FN3O2.ClH/c1-2-24(20(26)12-18(22)16-6-4-3-5-7-16)14-19(25)23-13-15-8-10-17(21)11-9-15;/h3-11,18H,2,12-14,22H2,1H3,(H,23,25);1H. The highest BCUT2D eigenvalue weighted by Gasteiger charge is 2.19. The molecule has 7 heteroatoms. The van der Waals surface area contributed by atoms with Crippen LogP contribution in [-0.2, 0) is 16.1 Å². The van der Waals surface area contributed by atoms with Gasteiger partial charge in [0.05, 0.1) is 6.54 Å². The Morgan fingerprint density at radius 3 is 2.33 bits per heavy atom. The lowest BCUT2D eigenvalue weighted by atomic mass is 10.0. The molecule has 2 rings (SSSR count). The molecule has 2 amide bonds. The summed E-state index contributed by atoms with van der Waals surface area (Å²) < 4.78 is 12.9. The van der Waals surface area contributed by atoms with Gasteiger partial charge in [-0.05, 0) is 30.2 Å². The van der Waals surface area contributed by atoms with Crippen LogP contribution in [0.2, 0.25) is 0 Å². The molecule has 0 heterocycles. The van der Waals surface area contributed by atoms with E-state index in [1.54, 1.807) is 12.1 Å². The summed E-state index contributed by atoms with van der Waals surface area (Å²) in [5.74, 6) is -0.754. The lowest BCUT2D eigenvalue weighted by molar-refractivity contribution is -0.136. The molecule has 0 saturated heterocycles. The number of benzene rings is 2. The average Bonchev–Trinajstić information content (AvgIpc) is 2.66. The molecule has 5 nitrogen and oxygen atoms in total. The number of nitrogens with one attached hydrogen (secondary N) is 1. The van der Waals surface area contributed by atoms with Crippen LogP contribution in [-0.4, -0.2) is 29.8 Å². The first-order chi connectivity index (χ1) is 12.5. The minimum atomic E-state index is -0.403. The Labute approximate surface area is 165 Å². The summed E-state index contributed by atoms with van der Waals surface area (Å²) in [4.78, 5) is 26.0. The zero-order valence-corrected chi connectivity index (χ0v) is 16.0. The van der Waals surface area contributed by atoms with Gasteiger partial charge in [0, 0.05) is 25.6 Å². The minimum Gasteiger partial charge on any atom is -0.350 e. The number of likely N-dealkylation sites (N-methyl/N-ethyl adjacent to an activating group) is 1. The van der Waals surface area contributed by atoms with Crippen LogP contribution in [0.5, 0.6) is 0 Å². The van der Waals surface area contributed by atoms with Crippen molar-refractivity contribution in [2.24, 2.45) is 5.73 Å². The second kappa shape index (κ2) is 11.3. The van der Waals surface area contributed by atoms with Crippen LogP contribution >= 0.6 is 12.4 Å². The fraction of sp³-hybridized carbons (Fsp3) is 0.300. The summed E-state index contributed by atoms with van der Waals surface area (Å²) in [6.45, 7) is 2.50. The van der Waals surface area contributed by atoms with E-state index >= 15 is 0 Å². The maximum atomic E-state index is 12.9. The Morgan fingerprint density at radius 2 is 1.74 bits per heavy atom. The Bertz CT molecular complexity index is 726. The molecule has 0 aromatic heterocycles. The molecule has 0 spiro atoms. The molecule has 3 N–H and O–H groups in total. The third kappa shape index (κ3) is 7.37. The number of carbonyl (C=O) groups excluding carboxylic acids is 2. The molecule has 0 aliphatic heterocycles. The highest BCUT2D eigenvalue weighted by Crippen LogP contribution is 2.14. The lowest BCUT2D eigenvalue weighted by Gasteiger charge is -2.22. The average molecular weight is 394 g/mol. The summed E-state index contributed by atoms with van der Waals surface area (Å²) in [6, 6.07) is 14.9. The van der Waals surface area contributed by atoms with Crippen molar-refractivity contribution in [3.63, 3.8) is 0 Å². The van der Waals surface area contributed by atoms with Crippen LogP contribution < -0.4 is 11.1 Å². The summed E-state index contributed by atoms with van der Waals surface area (Å²) in [7, 11) is 0. The Hall–Kier alpha value is -2.44. The number of hydrogen-bond acceptors (Lipinski definition) is 3. The quantitative estimate of drug-likeness (QED) is 0.724. The summed E-state index contributed by atoms with van der Waals surface area (Å²) in [6.07, 6.45) is 0.142. The van der Waals surface area contributed by atoms with Gasteiger partial charge >= 0.3 is 0 Å². The van der Waals surface area contributed by atoms with E-state index in [1.165, 1.54) is 17.0 Å². The molecule has 27 heavy (non-hydrogen) atoms. The monoisotopic (exact) mass is 393 g/mol. The second-order valence-corrected chi connectivity index (χ2v) is 6.03. The number of amides is 2. The van der Waals surface area contributed by atoms with E-state index in [9.17, 15) is 14.0 Å². The van der Waals surface area contributed by atoms with E-state index < -0.39 is 6.04 Å². The summed E-state index contributed by atoms with van der Waals surface area (Å²) >= 11 is 0. The van der Waals surface area contributed by atoms with Crippen molar-refractivity contribution in [3.8, 4) is 0 Å². The number of nitrogens with two attached hydrogens (primary N) is 1. The highest BCUT2D eigenvalue weighted by atomic mass is 35.5. The van der Waals surface area contributed by atoms with Gasteiger partial charge < -0.3 is 16.0 Å². The van der Waals surface area contributed by atoms with Crippen LogP contribution in [0.3, 0.4) is 0 Å². The summed E-state index contributed by atoms with van der Waals surface area (Å²) in [5.41, 5.74) is 7.77. The fourth-order valence-electron chi connectivity index (χ4n) is 2.54. The molecule has 0 aliphatic rings. The van der Waals surface area contributed by atoms with Gasteiger partial charge in [0.25, 0.3) is 0 Å². The van der Waals surface area contributed by atoms with Crippen molar-refractivity contribution in [2.45, 2.75) is 25.9 Å². The van der Waals surface area contributed by atoms with Gasteiger partial charge in [-0.1, -0.05) is 42.5 Å². The summed E-state index contributed by atoms with van der Waals surface area (Å²) in [5, 5.41) is 2.74. The largest absolute Gasteiger partial charge is 0.350 e. The number of hydrogen-bond donors (Lipinski definition) is 2. The van der Waals surface area contributed by atoms with E-state index in [1.807, 2.05) is 37.3 Å². The SMILES string of the molecule is CCN(CC(=O)NCc1ccc(F)cc1)C(=O)CC(N)c1ccccc1.Cl. The van der Waals surface area contributed by atoms with Crippen molar-refractivity contribution in [1.82, 2.24) is 10.2 Å². The van der Waals surface area contributed by atoms with E-state index in [0.717, 1.165) is 11.1 Å². The normalized spacial score (nSPS) is 11.2. The smallest absolute Gasteiger partial charge is 0.239 e. The highest BCUT2D eigenvalue weighted by molar-refractivity contribution is 5.85.